The van der Waals surface area contributed by atoms with Crippen LogP contribution in [0.4, 0.5) is 0 Å². The van der Waals surface area contributed by atoms with Crippen molar-refractivity contribution in [2.75, 3.05) is 20.5 Å². The van der Waals surface area contributed by atoms with Gasteiger partial charge in [-0.15, -0.1) is 0 Å². The number of nitrogens with one attached hydrogen (secondary N) is 1. The number of ether oxygens (including phenoxy) is 2. The quantitative estimate of drug-likeness (QED) is 0.608. The summed E-state index contributed by atoms with van der Waals surface area (Å²) in [6.07, 6.45) is 3.54. The zero-order valence-electron chi connectivity index (χ0n) is 16.3. The van der Waals surface area contributed by atoms with Crippen molar-refractivity contribution in [3.63, 3.8) is 0 Å². The van der Waals surface area contributed by atoms with E-state index in [1.165, 1.54) is 11.8 Å². The lowest BCUT2D eigenvalue weighted by atomic mass is 10.1. The van der Waals surface area contributed by atoms with Crippen molar-refractivity contribution >= 4 is 17.7 Å². The van der Waals surface area contributed by atoms with E-state index in [1.54, 1.807) is 26.5 Å². The van der Waals surface area contributed by atoms with Crippen molar-refractivity contribution in [1.29, 1.82) is 0 Å². The summed E-state index contributed by atoms with van der Waals surface area (Å²) in [6.45, 7) is 1.92. The third-order valence-corrected chi connectivity index (χ3v) is 5.07. The second kappa shape index (κ2) is 8.84. The monoisotopic (exact) mass is 397 g/mol. The van der Waals surface area contributed by atoms with E-state index in [0.29, 0.717) is 17.2 Å². The molecule has 0 aliphatic rings. The second-order valence-electron chi connectivity index (χ2n) is 6.10. The Morgan fingerprint density at radius 2 is 1.89 bits per heavy atom. The lowest BCUT2D eigenvalue weighted by Crippen LogP contribution is -2.28. The molecular weight excluding hydrogens is 374 g/mol. The van der Waals surface area contributed by atoms with Gasteiger partial charge in [-0.3, -0.25) is 9.36 Å². The van der Waals surface area contributed by atoms with Crippen LogP contribution in [-0.2, 0) is 0 Å². The van der Waals surface area contributed by atoms with E-state index >= 15 is 0 Å². The SMILES string of the molecule is COc1ccc(C(C)NC(=O)c2cnc(SC)n2-c2ccccc2)c(OC)c1. The van der Waals surface area contributed by atoms with Crippen molar-refractivity contribution < 1.29 is 14.3 Å². The molecule has 0 aliphatic heterocycles. The molecule has 0 spiro atoms. The molecule has 0 radical (unpaired) electrons. The summed E-state index contributed by atoms with van der Waals surface area (Å²) in [4.78, 5) is 17.4. The molecule has 3 rings (SSSR count). The fraction of sp³-hybridized carbons (Fsp3) is 0.238. The Morgan fingerprint density at radius 1 is 1.14 bits per heavy atom. The molecule has 6 nitrogen and oxygen atoms in total. The number of benzene rings is 2. The Bertz CT molecular complexity index is 957. The number of rotatable bonds is 7. The van der Waals surface area contributed by atoms with Crippen LogP contribution in [0, 0.1) is 0 Å². The molecule has 0 bridgehead atoms. The van der Waals surface area contributed by atoms with Gasteiger partial charge in [0.1, 0.15) is 17.2 Å². The zero-order valence-corrected chi connectivity index (χ0v) is 17.1. The fourth-order valence-corrected chi connectivity index (χ4v) is 3.53. The first kappa shape index (κ1) is 19.8. The molecule has 0 aliphatic carbocycles. The summed E-state index contributed by atoms with van der Waals surface area (Å²) in [5.41, 5.74) is 2.24. The van der Waals surface area contributed by atoms with Crippen molar-refractivity contribution in [2.45, 2.75) is 18.1 Å². The molecule has 1 amide bonds. The fourth-order valence-electron chi connectivity index (χ4n) is 2.99. The van der Waals surface area contributed by atoms with Gasteiger partial charge in [-0.1, -0.05) is 30.0 Å². The van der Waals surface area contributed by atoms with Crippen molar-refractivity contribution in [3.05, 3.63) is 66.0 Å². The molecule has 28 heavy (non-hydrogen) atoms. The van der Waals surface area contributed by atoms with Crippen LogP contribution in [-0.4, -0.2) is 35.9 Å². The predicted molar refractivity (Wildman–Crippen MR) is 111 cm³/mol. The van der Waals surface area contributed by atoms with Crippen LogP contribution in [0.2, 0.25) is 0 Å². The molecule has 1 unspecified atom stereocenters. The van der Waals surface area contributed by atoms with E-state index in [2.05, 4.69) is 10.3 Å². The average molecular weight is 398 g/mol. The summed E-state index contributed by atoms with van der Waals surface area (Å²) in [7, 11) is 3.20. The van der Waals surface area contributed by atoms with Gasteiger partial charge in [0, 0.05) is 17.3 Å². The number of methoxy groups -OCH3 is 2. The second-order valence-corrected chi connectivity index (χ2v) is 6.88. The predicted octanol–water partition coefficient (Wildman–Crippen LogP) is 4.10. The summed E-state index contributed by atoms with van der Waals surface area (Å²) < 4.78 is 12.6. The number of amides is 1. The molecule has 146 valence electrons. The minimum atomic E-state index is -0.259. The highest BCUT2D eigenvalue weighted by Gasteiger charge is 2.21. The Hall–Kier alpha value is -2.93. The van der Waals surface area contributed by atoms with Gasteiger partial charge in [0.25, 0.3) is 5.91 Å². The third-order valence-electron chi connectivity index (χ3n) is 4.41. The number of hydrogen-bond donors (Lipinski definition) is 1. The smallest absolute Gasteiger partial charge is 0.270 e. The molecule has 1 N–H and O–H groups in total. The number of nitrogens with zero attached hydrogens (tertiary/aromatic N) is 2. The molecule has 0 fully saturated rings. The number of carbonyl (C=O) groups excluding carboxylic acids is 1. The van der Waals surface area contributed by atoms with Crippen LogP contribution in [0.25, 0.3) is 5.69 Å². The summed E-state index contributed by atoms with van der Waals surface area (Å²) >= 11 is 1.49. The lowest BCUT2D eigenvalue weighted by molar-refractivity contribution is 0.0932. The molecule has 1 atom stereocenters. The molecule has 1 aromatic heterocycles. The summed E-state index contributed by atoms with van der Waals surface area (Å²) in [5, 5.41) is 3.80. The number of aromatic nitrogens is 2. The Kier molecular flexibility index (Phi) is 6.26. The van der Waals surface area contributed by atoms with Gasteiger partial charge in [0.05, 0.1) is 26.5 Å². The van der Waals surface area contributed by atoms with Crippen LogP contribution in [0.3, 0.4) is 0 Å². The van der Waals surface area contributed by atoms with E-state index in [4.69, 9.17) is 9.47 Å². The van der Waals surface area contributed by atoms with Gasteiger partial charge < -0.3 is 14.8 Å². The Balaban J connectivity index is 1.89. The summed E-state index contributed by atoms with van der Waals surface area (Å²) in [6, 6.07) is 15.0. The largest absolute Gasteiger partial charge is 0.497 e. The van der Waals surface area contributed by atoms with Gasteiger partial charge in [0.2, 0.25) is 0 Å². The van der Waals surface area contributed by atoms with Crippen LogP contribution in [0.15, 0.2) is 59.9 Å². The minimum absolute atomic E-state index is 0.206. The highest BCUT2D eigenvalue weighted by atomic mass is 32.2. The van der Waals surface area contributed by atoms with Gasteiger partial charge >= 0.3 is 0 Å². The minimum Gasteiger partial charge on any atom is -0.497 e. The van der Waals surface area contributed by atoms with Gasteiger partial charge in [-0.05, 0) is 37.4 Å². The summed E-state index contributed by atoms with van der Waals surface area (Å²) in [5.74, 6) is 1.15. The van der Waals surface area contributed by atoms with Crippen LogP contribution < -0.4 is 14.8 Å². The molecule has 0 saturated heterocycles. The first-order chi connectivity index (χ1) is 13.6. The van der Waals surface area contributed by atoms with Crippen LogP contribution in [0.1, 0.15) is 29.0 Å². The number of thioether (sulfide) groups is 1. The normalized spacial score (nSPS) is 11.7. The number of carbonyl (C=O) groups is 1. The zero-order chi connectivity index (χ0) is 20.1. The van der Waals surface area contributed by atoms with E-state index < -0.39 is 0 Å². The number of para-hydroxylation sites is 1. The maximum absolute atomic E-state index is 13.0. The molecule has 0 saturated carbocycles. The highest BCUT2D eigenvalue weighted by Crippen LogP contribution is 2.30. The standard InChI is InChI=1S/C21H23N3O3S/c1-14(17-11-10-16(26-2)12-19(17)27-3)23-20(25)18-13-22-21(28-4)24(18)15-8-6-5-7-9-15/h5-14H,1-4H3,(H,23,25). The Morgan fingerprint density at radius 3 is 2.54 bits per heavy atom. The van der Waals surface area contributed by atoms with E-state index in [-0.39, 0.29) is 11.9 Å². The van der Waals surface area contributed by atoms with E-state index in [9.17, 15) is 4.79 Å². The van der Waals surface area contributed by atoms with Crippen LogP contribution >= 0.6 is 11.8 Å². The number of imidazole rings is 1. The first-order valence-corrected chi connectivity index (χ1v) is 10.0. The van der Waals surface area contributed by atoms with Crippen molar-refractivity contribution in [1.82, 2.24) is 14.9 Å². The van der Waals surface area contributed by atoms with Crippen LogP contribution in [0.5, 0.6) is 11.5 Å². The molecule has 7 heteroatoms. The number of hydrogen-bond acceptors (Lipinski definition) is 5. The van der Waals surface area contributed by atoms with Gasteiger partial charge in [-0.25, -0.2) is 4.98 Å². The van der Waals surface area contributed by atoms with Crippen molar-refractivity contribution in [3.8, 4) is 17.2 Å². The first-order valence-electron chi connectivity index (χ1n) is 8.79. The highest BCUT2D eigenvalue weighted by molar-refractivity contribution is 7.98. The maximum atomic E-state index is 13.0. The van der Waals surface area contributed by atoms with Crippen molar-refractivity contribution in [2.24, 2.45) is 0 Å². The van der Waals surface area contributed by atoms with Gasteiger partial charge in [0.15, 0.2) is 5.16 Å². The third kappa shape index (κ3) is 3.99. The molecule has 3 aromatic rings. The average Bonchev–Trinajstić information content (AvgIpc) is 3.18. The molecule has 1 heterocycles. The molecular formula is C21H23N3O3S. The maximum Gasteiger partial charge on any atom is 0.270 e. The van der Waals surface area contributed by atoms with Gasteiger partial charge in [-0.2, -0.15) is 0 Å². The topological polar surface area (TPSA) is 65.4 Å². The Labute approximate surface area is 168 Å². The molecule has 2 aromatic carbocycles. The van der Waals surface area contributed by atoms with E-state index in [0.717, 1.165) is 16.4 Å². The van der Waals surface area contributed by atoms with E-state index in [1.807, 2.05) is 60.2 Å². The lowest BCUT2D eigenvalue weighted by Gasteiger charge is -2.19.